The number of amides is 1. The summed E-state index contributed by atoms with van der Waals surface area (Å²) >= 11 is 11.8. The summed E-state index contributed by atoms with van der Waals surface area (Å²) in [6, 6.07) is 10.7. The first-order chi connectivity index (χ1) is 11.9. The van der Waals surface area contributed by atoms with Gasteiger partial charge in [-0.15, -0.1) is 0 Å². The number of carbonyl (C=O) groups excluding carboxylic acids is 1. The van der Waals surface area contributed by atoms with Crippen LogP contribution in [0.4, 0.5) is 5.69 Å². The average molecular weight is 399 g/mol. The molecule has 8 heteroatoms. The zero-order chi connectivity index (χ0) is 18.0. The molecule has 1 amide bonds. The summed E-state index contributed by atoms with van der Waals surface area (Å²) in [5, 5.41) is 3.46. The molecular weight excluding hydrogens is 383 g/mol. The Morgan fingerprint density at radius 2 is 1.64 bits per heavy atom. The van der Waals surface area contributed by atoms with Gasteiger partial charge in [-0.05, 0) is 49.2 Å². The first-order valence-electron chi connectivity index (χ1n) is 7.74. The summed E-state index contributed by atoms with van der Waals surface area (Å²) in [5.41, 5.74) is 0.687. The van der Waals surface area contributed by atoms with E-state index in [1.165, 1.54) is 16.4 Å². The van der Waals surface area contributed by atoms with Gasteiger partial charge >= 0.3 is 0 Å². The lowest BCUT2D eigenvalue weighted by atomic mass is 10.2. The third kappa shape index (κ3) is 4.15. The predicted octanol–water partition coefficient (Wildman–Crippen LogP) is 4.03. The van der Waals surface area contributed by atoms with Crippen molar-refractivity contribution in [3.63, 3.8) is 0 Å². The third-order valence-electron chi connectivity index (χ3n) is 3.92. The van der Waals surface area contributed by atoms with Crippen molar-refractivity contribution in [3.05, 3.63) is 58.1 Å². The van der Waals surface area contributed by atoms with Gasteiger partial charge in [-0.2, -0.15) is 4.31 Å². The van der Waals surface area contributed by atoms with Crippen LogP contribution in [0.3, 0.4) is 0 Å². The minimum Gasteiger partial charge on any atom is -0.322 e. The largest absolute Gasteiger partial charge is 0.322 e. The zero-order valence-electron chi connectivity index (χ0n) is 13.2. The second-order valence-corrected chi connectivity index (χ2v) is 8.56. The maximum Gasteiger partial charge on any atom is 0.255 e. The summed E-state index contributed by atoms with van der Waals surface area (Å²) in [6.45, 7) is 1.03. The zero-order valence-corrected chi connectivity index (χ0v) is 15.5. The van der Waals surface area contributed by atoms with Crippen LogP contribution in [0.25, 0.3) is 0 Å². The van der Waals surface area contributed by atoms with Gasteiger partial charge in [0.15, 0.2) is 0 Å². The Morgan fingerprint density at radius 1 is 1.00 bits per heavy atom. The SMILES string of the molecule is O=C(Nc1cc(Cl)cc(Cl)c1)c1cccc(S(=O)(=O)N2CCCC2)c1. The molecule has 2 aromatic carbocycles. The van der Waals surface area contributed by atoms with E-state index >= 15 is 0 Å². The number of benzene rings is 2. The molecule has 2 aromatic rings. The molecule has 1 fully saturated rings. The number of rotatable bonds is 4. The number of nitrogens with one attached hydrogen (secondary N) is 1. The van der Waals surface area contributed by atoms with E-state index in [4.69, 9.17) is 23.2 Å². The van der Waals surface area contributed by atoms with Gasteiger partial charge in [0.25, 0.3) is 5.91 Å². The maximum absolute atomic E-state index is 12.6. The normalized spacial score (nSPS) is 15.3. The van der Waals surface area contributed by atoms with Gasteiger partial charge in [-0.1, -0.05) is 29.3 Å². The van der Waals surface area contributed by atoms with E-state index in [9.17, 15) is 13.2 Å². The molecule has 1 heterocycles. The van der Waals surface area contributed by atoms with Crippen molar-refractivity contribution < 1.29 is 13.2 Å². The van der Waals surface area contributed by atoms with Crippen molar-refractivity contribution in [2.45, 2.75) is 17.7 Å². The second-order valence-electron chi connectivity index (χ2n) is 5.75. The molecule has 1 aliphatic rings. The van der Waals surface area contributed by atoms with Crippen molar-refractivity contribution in [2.75, 3.05) is 18.4 Å². The van der Waals surface area contributed by atoms with Crippen molar-refractivity contribution in [1.29, 1.82) is 0 Å². The van der Waals surface area contributed by atoms with Crippen molar-refractivity contribution in [1.82, 2.24) is 4.31 Å². The maximum atomic E-state index is 12.6. The molecule has 1 saturated heterocycles. The van der Waals surface area contributed by atoms with Crippen LogP contribution in [0.2, 0.25) is 10.0 Å². The summed E-state index contributed by atoms with van der Waals surface area (Å²) in [7, 11) is -3.57. The highest BCUT2D eigenvalue weighted by Crippen LogP contribution is 2.24. The minimum atomic E-state index is -3.57. The van der Waals surface area contributed by atoms with Gasteiger partial charge in [0.2, 0.25) is 10.0 Å². The molecule has 0 aliphatic carbocycles. The molecular formula is C17H16Cl2N2O3S. The molecule has 5 nitrogen and oxygen atoms in total. The molecule has 25 heavy (non-hydrogen) atoms. The Bertz CT molecular complexity index is 890. The third-order valence-corrected chi connectivity index (χ3v) is 6.25. The van der Waals surface area contributed by atoms with Crippen LogP contribution in [0, 0.1) is 0 Å². The second kappa shape index (κ2) is 7.33. The smallest absolute Gasteiger partial charge is 0.255 e. The van der Waals surface area contributed by atoms with E-state index in [2.05, 4.69) is 5.32 Å². The monoisotopic (exact) mass is 398 g/mol. The van der Waals surface area contributed by atoms with E-state index in [1.54, 1.807) is 30.3 Å². The number of anilines is 1. The van der Waals surface area contributed by atoms with Crippen molar-refractivity contribution in [3.8, 4) is 0 Å². The molecule has 0 radical (unpaired) electrons. The number of nitrogens with zero attached hydrogens (tertiary/aromatic N) is 1. The highest BCUT2D eigenvalue weighted by Gasteiger charge is 2.27. The van der Waals surface area contributed by atoms with Gasteiger partial charge < -0.3 is 5.32 Å². The summed E-state index contributed by atoms with van der Waals surface area (Å²) in [5.74, 6) is -0.434. The van der Waals surface area contributed by atoms with E-state index in [0.717, 1.165) is 12.8 Å². The number of halogens is 2. The van der Waals surface area contributed by atoms with Crippen LogP contribution < -0.4 is 5.32 Å². The standard InChI is InChI=1S/C17H16Cl2N2O3S/c18-13-9-14(19)11-15(10-13)20-17(22)12-4-3-5-16(8-12)25(23,24)21-6-1-2-7-21/h3-5,8-11H,1-2,6-7H2,(H,20,22). The Morgan fingerprint density at radius 3 is 2.28 bits per heavy atom. The lowest BCUT2D eigenvalue weighted by Crippen LogP contribution is -2.28. The van der Waals surface area contributed by atoms with Gasteiger partial charge in [0, 0.05) is 34.4 Å². The molecule has 132 valence electrons. The van der Waals surface area contributed by atoms with Gasteiger partial charge in [0.05, 0.1) is 4.90 Å². The molecule has 1 aliphatic heterocycles. The van der Waals surface area contributed by atoms with E-state index in [-0.39, 0.29) is 10.5 Å². The Labute approximate surface area is 156 Å². The van der Waals surface area contributed by atoms with Gasteiger partial charge in [0.1, 0.15) is 0 Å². The summed E-state index contributed by atoms with van der Waals surface area (Å²) in [6.07, 6.45) is 1.71. The van der Waals surface area contributed by atoms with Gasteiger partial charge in [-0.25, -0.2) is 8.42 Å². The molecule has 0 aromatic heterocycles. The first kappa shape index (κ1) is 18.2. The molecule has 0 unspecified atom stereocenters. The molecule has 1 N–H and O–H groups in total. The van der Waals surface area contributed by atoms with Crippen molar-refractivity contribution in [2.24, 2.45) is 0 Å². The Kier molecular flexibility index (Phi) is 5.34. The number of sulfonamides is 1. The fourth-order valence-electron chi connectivity index (χ4n) is 2.70. The minimum absolute atomic E-state index is 0.117. The number of carbonyl (C=O) groups is 1. The predicted molar refractivity (Wildman–Crippen MR) is 98.9 cm³/mol. The fourth-order valence-corrected chi connectivity index (χ4v) is 4.79. The highest BCUT2D eigenvalue weighted by molar-refractivity contribution is 7.89. The van der Waals surface area contributed by atoms with Crippen LogP contribution in [-0.4, -0.2) is 31.7 Å². The Hall–Kier alpha value is -1.60. The van der Waals surface area contributed by atoms with Crippen LogP contribution in [0.15, 0.2) is 47.4 Å². The summed E-state index contributed by atoms with van der Waals surface area (Å²) in [4.78, 5) is 12.5. The molecule has 0 spiro atoms. The summed E-state index contributed by atoms with van der Waals surface area (Å²) < 4.78 is 26.7. The topological polar surface area (TPSA) is 66.5 Å². The lowest BCUT2D eigenvalue weighted by molar-refractivity contribution is 0.102. The van der Waals surface area contributed by atoms with Crippen molar-refractivity contribution >= 4 is 44.8 Å². The molecule has 0 atom stereocenters. The van der Waals surface area contributed by atoms with E-state index in [1.807, 2.05) is 0 Å². The first-order valence-corrected chi connectivity index (χ1v) is 9.93. The van der Waals surface area contributed by atoms with E-state index < -0.39 is 15.9 Å². The van der Waals surface area contributed by atoms with Crippen LogP contribution in [0.5, 0.6) is 0 Å². The molecule has 0 bridgehead atoms. The van der Waals surface area contributed by atoms with Gasteiger partial charge in [-0.3, -0.25) is 4.79 Å². The number of hydrogen-bond donors (Lipinski definition) is 1. The quantitative estimate of drug-likeness (QED) is 0.844. The number of hydrogen-bond acceptors (Lipinski definition) is 3. The van der Waals surface area contributed by atoms with Crippen LogP contribution in [-0.2, 0) is 10.0 Å². The fraction of sp³-hybridized carbons (Fsp3) is 0.235. The van der Waals surface area contributed by atoms with Crippen LogP contribution in [0.1, 0.15) is 23.2 Å². The lowest BCUT2D eigenvalue weighted by Gasteiger charge is -2.16. The highest BCUT2D eigenvalue weighted by atomic mass is 35.5. The molecule has 3 rings (SSSR count). The van der Waals surface area contributed by atoms with Crippen LogP contribution >= 0.6 is 23.2 Å². The average Bonchev–Trinajstić information content (AvgIpc) is 3.09. The Balaban J connectivity index is 1.84. The van der Waals surface area contributed by atoms with E-state index in [0.29, 0.717) is 28.8 Å². The molecule has 0 saturated carbocycles.